The first-order valence-electron chi connectivity index (χ1n) is 3.54. The number of carbonyl (C=O) groups excluding carboxylic acids is 2. The average Bonchev–Trinajstić information content (AvgIpc) is 2.01. The molecule has 0 aromatic heterocycles. The first-order valence-corrected chi connectivity index (χ1v) is 3.54. The van der Waals surface area contributed by atoms with Crippen molar-refractivity contribution in [1.29, 1.82) is 0 Å². The Morgan fingerprint density at radius 3 is 2.75 bits per heavy atom. The molecule has 5 heteroatoms. The zero-order valence-electron chi connectivity index (χ0n) is 7.28. The van der Waals surface area contributed by atoms with Gasteiger partial charge in [0.2, 0.25) is 0 Å². The predicted octanol–water partition coefficient (Wildman–Crippen LogP) is -0.388. The minimum Gasteiger partial charge on any atom is -0.467 e. The molecule has 0 aromatic carbocycles. The Hall–Kier alpha value is -1.10. The van der Waals surface area contributed by atoms with Crippen LogP contribution in [0.3, 0.4) is 0 Å². The van der Waals surface area contributed by atoms with E-state index in [1.54, 1.807) is 11.9 Å². The SMILES string of the molecule is CC(=O)OCN(C)CCOC=O. The van der Waals surface area contributed by atoms with Crippen molar-refractivity contribution >= 4 is 12.4 Å². The van der Waals surface area contributed by atoms with E-state index in [2.05, 4.69) is 9.47 Å². The monoisotopic (exact) mass is 175 g/mol. The van der Waals surface area contributed by atoms with E-state index >= 15 is 0 Å². The molecule has 0 aliphatic heterocycles. The van der Waals surface area contributed by atoms with E-state index in [1.807, 2.05) is 0 Å². The van der Waals surface area contributed by atoms with Crippen molar-refractivity contribution in [1.82, 2.24) is 4.90 Å². The summed E-state index contributed by atoms with van der Waals surface area (Å²) in [6, 6.07) is 0. The molecule has 12 heavy (non-hydrogen) atoms. The van der Waals surface area contributed by atoms with Gasteiger partial charge in [-0.05, 0) is 7.05 Å². The summed E-state index contributed by atoms with van der Waals surface area (Å²) in [5.74, 6) is -0.321. The fourth-order valence-corrected chi connectivity index (χ4v) is 0.522. The number of nitrogens with zero attached hydrogens (tertiary/aromatic N) is 1. The topological polar surface area (TPSA) is 55.8 Å². The average molecular weight is 175 g/mol. The molecule has 5 nitrogen and oxygen atoms in total. The molecule has 0 fully saturated rings. The summed E-state index contributed by atoms with van der Waals surface area (Å²) >= 11 is 0. The van der Waals surface area contributed by atoms with Crippen LogP contribution >= 0.6 is 0 Å². The predicted molar refractivity (Wildman–Crippen MR) is 41.3 cm³/mol. The molecule has 0 bridgehead atoms. The zero-order chi connectivity index (χ0) is 9.40. The molecule has 0 saturated heterocycles. The molecule has 0 N–H and O–H groups in total. The fourth-order valence-electron chi connectivity index (χ4n) is 0.522. The molecule has 0 rings (SSSR count). The minimum absolute atomic E-state index is 0.220. The second-order valence-corrected chi connectivity index (χ2v) is 2.31. The number of rotatable bonds is 6. The zero-order valence-corrected chi connectivity index (χ0v) is 7.28. The van der Waals surface area contributed by atoms with E-state index in [0.717, 1.165) is 0 Å². The maximum atomic E-state index is 10.3. The highest BCUT2D eigenvalue weighted by molar-refractivity contribution is 5.65. The summed E-state index contributed by atoms with van der Waals surface area (Å²) in [6.45, 7) is 2.81. The highest BCUT2D eigenvalue weighted by Crippen LogP contribution is 1.84. The Kier molecular flexibility index (Phi) is 6.00. The standard InChI is InChI=1S/C7H13NO4/c1-7(10)12-5-8(2)3-4-11-6-9/h6H,3-5H2,1-2H3. The Labute approximate surface area is 71.2 Å². The van der Waals surface area contributed by atoms with Gasteiger partial charge in [-0.15, -0.1) is 0 Å². The Morgan fingerprint density at radius 2 is 2.25 bits per heavy atom. The van der Waals surface area contributed by atoms with Crippen LogP contribution in [0.5, 0.6) is 0 Å². The van der Waals surface area contributed by atoms with Gasteiger partial charge in [-0.2, -0.15) is 0 Å². The molecule has 0 aliphatic rings. The summed E-state index contributed by atoms with van der Waals surface area (Å²) < 4.78 is 9.13. The van der Waals surface area contributed by atoms with Crippen LogP contribution in [-0.4, -0.2) is 44.3 Å². The van der Waals surface area contributed by atoms with Gasteiger partial charge in [-0.3, -0.25) is 14.5 Å². The number of likely N-dealkylation sites (N-methyl/N-ethyl adjacent to an activating group) is 1. The van der Waals surface area contributed by atoms with Crippen LogP contribution in [0, 0.1) is 0 Å². The van der Waals surface area contributed by atoms with E-state index < -0.39 is 0 Å². The van der Waals surface area contributed by atoms with E-state index in [9.17, 15) is 9.59 Å². The normalized spacial score (nSPS) is 9.58. The van der Waals surface area contributed by atoms with E-state index in [-0.39, 0.29) is 12.7 Å². The maximum Gasteiger partial charge on any atom is 0.303 e. The molecule has 0 unspecified atom stereocenters. The van der Waals surface area contributed by atoms with Crippen LogP contribution < -0.4 is 0 Å². The van der Waals surface area contributed by atoms with E-state index in [4.69, 9.17) is 0 Å². The molecular formula is C7H13NO4. The quantitative estimate of drug-likeness (QED) is 0.238. The van der Waals surface area contributed by atoms with Crippen molar-refractivity contribution in [3.8, 4) is 0 Å². The lowest BCUT2D eigenvalue weighted by Gasteiger charge is -2.14. The summed E-state index contributed by atoms with van der Waals surface area (Å²) in [4.78, 5) is 21.8. The second-order valence-electron chi connectivity index (χ2n) is 2.31. The Bertz CT molecular complexity index is 148. The minimum atomic E-state index is -0.321. The molecule has 0 amide bonds. The van der Waals surface area contributed by atoms with Crippen molar-refractivity contribution in [2.45, 2.75) is 6.92 Å². The summed E-state index contributed by atoms with van der Waals surface area (Å²) in [5.41, 5.74) is 0. The van der Waals surface area contributed by atoms with Gasteiger partial charge >= 0.3 is 5.97 Å². The maximum absolute atomic E-state index is 10.3. The summed E-state index contributed by atoms with van der Waals surface area (Å²) in [5, 5.41) is 0. The van der Waals surface area contributed by atoms with Crippen molar-refractivity contribution in [2.24, 2.45) is 0 Å². The smallest absolute Gasteiger partial charge is 0.303 e. The van der Waals surface area contributed by atoms with Gasteiger partial charge in [0.25, 0.3) is 6.47 Å². The van der Waals surface area contributed by atoms with Crippen molar-refractivity contribution in [3.63, 3.8) is 0 Å². The van der Waals surface area contributed by atoms with Crippen LogP contribution in [0.2, 0.25) is 0 Å². The van der Waals surface area contributed by atoms with Gasteiger partial charge in [0.05, 0.1) is 0 Å². The van der Waals surface area contributed by atoms with Crippen LogP contribution in [0.1, 0.15) is 6.92 Å². The molecule has 0 heterocycles. The summed E-state index contributed by atoms with van der Waals surface area (Å²) in [6.07, 6.45) is 0. The number of ether oxygens (including phenoxy) is 2. The Morgan fingerprint density at radius 1 is 1.58 bits per heavy atom. The first kappa shape index (κ1) is 10.9. The van der Waals surface area contributed by atoms with Crippen LogP contribution in [0.4, 0.5) is 0 Å². The van der Waals surface area contributed by atoms with Gasteiger partial charge in [0.15, 0.2) is 0 Å². The molecule has 0 radical (unpaired) electrons. The van der Waals surface area contributed by atoms with Crippen LogP contribution in [-0.2, 0) is 19.1 Å². The van der Waals surface area contributed by atoms with Crippen molar-refractivity contribution < 1.29 is 19.1 Å². The van der Waals surface area contributed by atoms with Gasteiger partial charge in [0, 0.05) is 13.5 Å². The second kappa shape index (κ2) is 6.60. The van der Waals surface area contributed by atoms with Crippen molar-refractivity contribution in [3.05, 3.63) is 0 Å². The largest absolute Gasteiger partial charge is 0.467 e. The third kappa shape index (κ3) is 7.01. The van der Waals surface area contributed by atoms with Gasteiger partial charge in [-0.25, -0.2) is 0 Å². The lowest BCUT2D eigenvalue weighted by molar-refractivity contribution is -0.146. The lowest BCUT2D eigenvalue weighted by atomic mass is 10.6. The molecule has 0 aromatic rings. The molecule has 0 spiro atoms. The first-order chi connectivity index (χ1) is 5.66. The lowest BCUT2D eigenvalue weighted by Crippen LogP contribution is -2.26. The number of hydrogen-bond acceptors (Lipinski definition) is 5. The third-order valence-corrected chi connectivity index (χ3v) is 1.15. The highest BCUT2D eigenvalue weighted by atomic mass is 16.5. The third-order valence-electron chi connectivity index (χ3n) is 1.15. The van der Waals surface area contributed by atoms with E-state index in [1.165, 1.54) is 6.92 Å². The van der Waals surface area contributed by atoms with Gasteiger partial charge < -0.3 is 9.47 Å². The van der Waals surface area contributed by atoms with Crippen LogP contribution in [0.25, 0.3) is 0 Å². The molecule has 0 atom stereocenters. The van der Waals surface area contributed by atoms with Gasteiger partial charge in [0.1, 0.15) is 13.3 Å². The number of hydrogen-bond donors (Lipinski definition) is 0. The Balaban J connectivity index is 3.26. The van der Waals surface area contributed by atoms with Crippen LogP contribution in [0.15, 0.2) is 0 Å². The van der Waals surface area contributed by atoms with Gasteiger partial charge in [-0.1, -0.05) is 0 Å². The number of carbonyl (C=O) groups is 2. The fraction of sp³-hybridized carbons (Fsp3) is 0.714. The summed E-state index contributed by atoms with van der Waals surface area (Å²) in [7, 11) is 1.76. The van der Waals surface area contributed by atoms with E-state index in [0.29, 0.717) is 19.6 Å². The highest BCUT2D eigenvalue weighted by Gasteiger charge is 1.99. The molecular weight excluding hydrogens is 162 g/mol. The molecule has 0 saturated carbocycles. The molecule has 70 valence electrons. The number of esters is 1. The molecule has 0 aliphatic carbocycles. The van der Waals surface area contributed by atoms with Crippen molar-refractivity contribution in [2.75, 3.05) is 26.9 Å².